The Labute approximate surface area is 68.0 Å². The lowest BCUT2D eigenvalue weighted by Gasteiger charge is -2.19. The normalized spacial score (nSPS) is 12.0. The fourth-order valence-electron chi connectivity index (χ4n) is 0.690. The number of hydrogen-bond acceptors (Lipinski definition) is 3. The summed E-state index contributed by atoms with van der Waals surface area (Å²) >= 11 is 0. The minimum absolute atomic E-state index is 0.207. The fourth-order valence-corrected chi connectivity index (χ4v) is 0.690. The van der Waals surface area contributed by atoms with Crippen LogP contribution in [0.25, 0.3) is 0 Å². The average Bonchev–Trinajstić information content (AvgIpc) is 1.99. The molecule has 11 heavy (non-hydrogen) atoms. The van der Waals surface area contributed by atoms with Gasteiger partial charge in [0.05, 0.1) is 6.61 Å². The van der Waals surface area contributed by atoms with E-state index in [1.54, 1.807) is 6.92 Å². The highest BCUT2D eigenvalue weighted by atomic mass is 16.8. The Bertz CT molecular complexity index is 91.3. The van der Waals surface area contributed by atoms with E-state index in [1.807, 2.05) is 0 Å². The predicted molar refractivity (Wildman–Crippen MR) is 42.9 cm³/mol. The van der Waals surface area contributed by atoms with Crippen molar-refractivity contribution in [3.8, 4) is 0 Å². The molecule has 0 spiro atoms. The van der Waals surface area contributed by atoms with Crippen LogP contribution in [0.1, 0.15) is 39.5 Å². The van der Waals surface area contributed by atoms with Gasteiger partial charge in [-0.1, -0.05) is 26.7 Å². The molecule has 0 aromatic carbocycles. The maximum Gasteiger partial charge on any atom is 0.277 e. The largest absolute Gasteiger partial charge is 0.343 e. The van der Waals surface area contributed by atoms with Crippen molar-refractivity contribution in [1.29, 1.82) is 0 Å². The molecule has 0 saturated carbocycles. The summed E-state index contributed by atoms with van der Waals surface area (Å²) in [7, 11) is 0. The molecule has 0 aliphatic heterocycles. The number of rotatable bonds is 6. The zero-order valence-electron chi connectivity index (χ0n) is 7.34. The van der Waals surface area contributed by atoms with Crippen LogP contribution < -0.4 is 0 Å². The maximum absolute atomic E-state index is 8.96. The quantitative estimate of drug-likeness (QED) is 0.456. The molecule has 0 saturated heterocycles. The average molecular weight is 162 g/mol. The second kappa shape index (κ2) is 5.52. The smallest absolute Gasteiger partial charge is 0.277 e. The van der Waals surface area contributed by atoms with Crippen molar-refractivity contribution in [2.45, 2.75) is 45.5 Å². The van der Waals surface area contributed by atoms with Crippen molar-refractivity contribution in [2.24, 2.45) is 0 Å². The SMILES string of the molecule is CCCCCOC(O)(O)CC. The topological polar surface area (TPSA) is 49.7 Å². The first-order valence-electron chi connectivity index (χ1n) is 4.21. The lowest BCUT2D eigenvalue weighted by molar-refractivity contribution is -0.338. The van der Waals surface area contributed by atoms with E-state index in [-0.39, 0.29) is 6.42 Å². The van der Waals surface area contributed by atoms with Gasteiger partial charge in [0.1, 0.15) is 0 Å². The summed E-state index contributed by atoms with van der Waals surface area (Å²) in [6.45, 7) is 4.18. The van der Waals surface area contributed by atoms with E-state index in [0.717, 1.165) is 19.3 Å². The van der Waals surface area contributed by atoms with Crippen LogP contribution >= 0.6 is 0 Å². The number of unbranched alkanes of at least 4 members (excludes halogenated alkanes) is 2. The van der Waals surface area contributed by atoms with Gasteiger partial charge < -0.3 is 14.9 Å². The van der Waals surface area contributed by atoms with Gasteiger partial charge in [0.25, 0.3) is 5.97 Å². The molecule has 0 aromatic rings. The molecule has 3 heteroatoms. The van der Waals surface area contributed by atoms with E-state index in [2.05, 4.69) is 6.92 Å². The Balaban J connectivity index is 3.23. The van der Waals surface area contributed by atoms with Gasteiger partial charge in [-0.15, -0.1) is 0 Å². The van der Waals surface area contributed by atoms with Gasteiger partial charge in [-0.05, 0) is 6.42 Å². The van der Waals surface area contributed by atoms with Gasteiger partial charge in [0.15, 0.2) is 0 Å². The molecule has 0 heterocycles. The third-order valence-corrected chi connectivity index (χ3v) is 1.54. The van der Waals surface area contributed by atoms with Crippen molar-refractivity contribution >= 4 is 0 Å². The minimum atomic E-state index is -1.91. The van der Waals surface area contributed by atoms with Crippen molar-refractivity contribution in [1.82, 2.24) is 0 Å². The molecule has 68 valence electrons. The van der Waals surface area contributed by atoms with Gasteiger partial charge in [0, 0.05) is 6.42 Å². The molecule has 0 rings (SSSR count). The molecule has 3 nitrogen and oxygen atoms in total. The summed E-state index contributed by atoms with van der Waals surface area (Å²) < 4.78 is 4.79. The predicted octanol–water partition coefficient (Wildman–Crippen LogP) is 1.24. The van der Waals surface area contributed by atoms with E-state index < -0.39 is 5.97 Å². The van der Waals surface area contributed by atoms with Crippen LogP contribution in [0, 0.1) is 0 Å². The van der Waals surface area contributed by atoms with E-state index in [9.17, 15) is 0 Å². The van der Waals surface area contributed by atoms with Crippen LogP contribution in [0.2, 0.25) is 0 Å². The molecule has 0 atom stereocenters. The standard InChI is InChI=1S/C8H18O3/c1-3-5-6-7-11-8(9,10)4-2/h9-10H,3-7H2,1-2H3. The van der Waals surface area contributed by atoms with E-state index >= 15 is 0 Å². The molecule has 2 N–H and O–H groups in total. The molecule has 0 unspecified atom stereocenters. The highest BCUT2D eigenvalue weighted by molar-refractivity contribution is 4.45. The summed E-state index contributed by atoms with van der Waals surface area (Å²) in [5.74, 6) is -1.91. The van der Waals surface area contributed by atoms with Crippen LogP contribution in [-0.4, -0.2) is 22.8 Å². The summed E-state index contributed by atoms with van der Waals surface area (Å²) in [6.07, 6.45) is 3.28. The molecule has 0 fully saturated rings. The molecule has 0 aliphatic carbocycles. The maximum atomic E-state index is 8.96. The Kier molecular flexibility index (Phi) is 5.46. The Morgan fingerprint density at radius 3 is 2.27 bits per heavy atom. The monoisotopic (exact) mass is 162 g/mol. The van der Waals surface area contributed by atoms with E-state index in [0.29, 0.717) is 6.61 Å². The fraction of sp³-hybridized carbons (Fsp3) is 1.00. The molecular formula is C8H18O3. The van der Waals surface area contributed by atoms with Crippen molar-refractivity contribution < 1.29 is 14.9 Å². The molecular weight excluding hydrogens is 144 g/mol. The van der Waals surface area contributed by atoms with Crippen molar-refractivity contribution in [3.63, 3.8) is 0 Å². The first kappa shape index (κ1) is 10.9. The minimum Gasteiger partial charge on any atom is -0.343 e. The second-order valence-electron chi connectivity index (χ2n) is 2.65. The van der Waals surface area contributed by atoms with Gasteiger partial charge in [-0.3, -0.25) is 0 Å². The van der Waals surface area contributed by atoms with Gasteiger partial charge in [-0.25, -0.2) is 0 Å². The zero-order valence-corrected chi connectivity index (χ0v) is 7.34. The summed E-state index contributed by atoms with van der Waals surface area (Å²) in [6, 6.07) is 0. The Morgan fingerprint density at radius 1 is 1.18 bits per heavy atom. The third kappa shape index (κ3) is 6.28. The van der Waals surface area contributed by atoms with Crippen LogP contribution in [0.5, 0.6) is 0 Å². The van der Waals surface area contributed by atoms with E-state index in [1.165, 1.54) is 0 Å². The number of aliphatic hydroxyl groups is 2. The molecule has 0 aromatic heterocycles. The van der Waals surface area contributed by atoms with Crippen molar-refractivity contribution in [2.75, 3.05) is 6.61 Å². The van der Waals surface area contributed by atoms with Gasteiger partial charge in [-0.2, -0.15) is 0 Å². The van der Waals surface area contributed by atoms with Crippen LogP contribution in [0.3, 0.4) is 0 Å². The molecule has 0 radical (unpaired) electrons. The van der Waals surface area contributed by atoms with Crippen LogP contribution in [-0.2, 0) is 4.74 Å². The van der Waals surface area contributed by atoms with Crippen LogP contribution in [0.15, 0.2) is 0 Å². The highest BCUT2D eigenvalue weighted by Gasteiger charge is 2.19. The lowest BCUT2D eigenvalue weighted by Crippen LogP contribution is -2.31. The first-order chi connectivity index (χ1) is 5.12. The molecule has 0 aliphatic rings. The summed E-state index contributed by atoms with van der Waals surface area (Å²) in [5, 5.41) is 17.9. The summed E-state index contributed by atoms with van der Waals surface area (Å²) in [5.41, 5.74) is 0. The highest BCUT2D eigenvalue weighted by Crippen LogP contribution is 2.07. The lowest BCUT2D eigenvalue weighted by atomic mass is 10.3. The van der Waals surface area contributed by atoms with Gasteiger partial charge in [0.2, 0.25) is 0 Å². The third-order valence-electron chi connectivity index (χ3n) is 1.54. The van der Waals surface area contributed by atoms with Crippen LogP contribution in [0.4, 0.5) is 0 Å². The summed E-state index contributed by atoms with van der Waals surface area (Å²) in [4.78, 5) is 0. The molecule has 0 bridgehead atoms. The zero-order chi connectivity index (χ0) is 8.74. The number of hydrogen-bond donors (Lipinski definition) is 2. The van der Waals surface area contributed by atoms with Crippen molar-refractivity contribution in [3.05, 3.63) is 0 Å². The van der Waals surface area contributed by atoms with Gasteiger partial charge >= 0.3 is 0 Å². The number of ether oxygens (including phenoxy) is 1. The second-order valence-corrected chi connectivity index (χ2v) is 2.65. The first-order valence-corrected chi connectivity index (χ1v) is 4.21. The Hall–Kier alpha value is -0.120. The van der Waals surface area contributed by atoms with E-state index in [4.69, 9.17) is 14.9 Å². The molecule has 0 amide bonds. The Morgan fingerprint density at radius 2 is 1.82 bits per heavy atom.